The van der Waals surface area contributed by atoms with Crippen LogP contribution in [0.1, 0.15) is 24.0 Å². The van der Waals surface area contributed by atoms with E-state index in [1.54, 1.807) is 0 Å². The number of halogens is 2. The van der Waals surface area contributed by atoms with Crippen molar-refractivity contribution in [3.05, 3.63) is 32.6 Å². The van der Waals surface area contributed by atoms with Gasteiger partial charge in [0.1, 0.15) is 5.82 Å². The molecule has 2 heterocycles. The van der Waals surface area contributed by atoms with Crippen LogP contribution in [0.4, 0.5) is 4.39 Å². The van der Waals surface area contributed by atoms with Gasteiger partial charge in [-0.1, -0.05) is 0 Å². The molecule has 2 saturated heterocycles. The fourth-order valence-electron chi connectivity index (χ4n) is 3.71. The summed E-state index contributed by atoms with van der Waals surface area (Å²) < 4.78 is 26.8. The van der Waals surface area contributed by atoms with Gasteiger partial charge < -0.3 is 9.47 Å². The minimum atomic E-state index is 0.0226. The molecule has 0 saturated carbocycles. The Morgan fingerprint density at radius 3 is 1.65 bits per heavy atom. The smallest absolute Gasteiger partial charge is 0.129 e. The summed E-state index contributed by atoms with van der Waals surface area (Å²) in [5.74, 6) is 0.0226. The first-order valence-electron chi connectivity index (χ1n) is 9.79. The van der Waals surface area contributed by atoms with Crippen LogP contribution in [-0.4, -0.2) is 75.5 Å². The second-order valence-electron chi connectivity index (χ2n) is 7.15. The number of hydrogen-bond donors (Lipinski definition) is 0. The molecule has 26 heavy (non-hydrogen) atoms. The molecule has 2 aliphatic heterocycles. The lowest BCUT2D eigenvalue weighted by Crippen LogP contribution is -2.37. The van der Waals surface area contributed by atoms with Gasteiger partial charge in [0.05, 0.1) is 26.4 Å². The molecule has 1 aromatic rings. The van der Waals surface area contributed by atoms with Gasteiger partial charge in [0, 0.05) is 29.7 Å². The van der Waals surface area contributed by atoms with Gasteiger partial charge >= 0.3 is 0 Å². The maximum Gasteiger partial charge on any atom is 0.129 e. The lowest BCUT2D eigenvalue weighted by molar-refractivity contribution is 0.0374. The SMILES string of the molecule is Fc1c(CCCN2CCOCC2)cc(I)cc1CCCN1CCOCC1. The van der Waals surface area contributed by atoms with Gasteiger partial charge in [0.15, 0.2) is 0 Å². The minimum absolute atomic E-state index is 0.0226. The van der Waals surface area contributed by atoms with Crippen LogP contribution in [0.15, 0.2) is 12.1 Å². The highest BCUT2D eigenvalue weighted by molar-refractivity contribution is 14.1. The van der Waals surface area contributed by atoms with E-state index in [0.717, 1.165) is 106 Å². The van der Waals surface area contributed by atoms with E-state index in [1.807, 2.05) is 12.1 Å². The lowest BCUT2D eigenvalue weighted by Gasteiger charge is -2.26. The second-order valence-corrected chi connectivity index (χ2v) is 8.40. The summed E-state index contributed by atoms with van der Waals surface area (Å²) in [5.41, 5.74) is 1.76. The molecule has 6 heteroatoms. The van der Waals surface area contributed by atoms with Crippen LogP contribution >= 0.6 is 22.6 Å². The number of ether oxygens (including phenoxy) is 2. The van der Waals surface area contributed by atoms with E-state index in [4.69, 9.17) is 9.47 Å². The summed E-state index contributed by atoms with van der Waals surface area (Å²) in [6, 6.07) is 4.03. The molecule has 0 N–H and O–H groups in total. The summed E-state index contributed by atoms with van der Waals surface area (Å²) in [7, 11) is 0. The predicted molar refractivity (Wildman–Crippen MR) is 110 cm³/mol. The van der Waals surface area contributed by atoms with Crippen LogP contribution in [0.2, 0.25) is 0 Å². The fraction of sp³-hybridized carbons (Fsp3) is 0.700. The molecule has 0 amide bonds. The van der Waals surface area contributed by atoms with Crippen molar-refractivity contribution >= 4 is 22.6 Å². The fourth-order valence-corrected chi connectivity index (χ4v) is 4.46. The number of benzene rings is 1. The van der Waals surface area contributed by atoms with E-state index in [0.29, 0.717) is 0 Å². The summed E-state index contributed by atoms with van der Waals surface area (Å²) in [6.07, 6.45) is 3.64. The average molecular weight is 476 g/mol. The first-order chi connectivity index (χ1) is 12.7. The van der Waals surface area contributed by atoms with Crippen molar-refractivity contribution in [2.45, 2.75) is 25.7 Å². The Labute approximate surface area is 170 Å². The Bertz CT molecular complexity index is 516. The van der Waals surface area contributed by atoms with Crippen molar-refractivity contribution in [3.63, 3.8) is 0 Å². The average Bonchev–Trinajstić information content (AvgIpc) is 2.67. The number of morpholine rings is 2. The zero-order chi connectivity index (χ0) is 18.2. The summed E-state index contributed by atoms with van der Waals surface area (Å²) in [5, 5.41) is 0. The first kappa shape index (κ1) is 20.5. The van der Waals surface area contributed by atoms with Crippen LogP contribution in [-0.2, 0) is 22.3 Å². The zero-order valence-electron chi connectivity index (χ0n) is 15.5. The molecule has 0 aliphatic carbocycles. The molecular weight excluding hydrogens is 446 g/mol. The molecule has 0 spiro atoms. The van der Waals surface area contributed by atoms with Crippen molar-refractivity contribution in [2.24, 2.45) is 0 Å². The van der Waals surface area contributed by atoms with E-state index in [-0.39, 0.29) is 5.82 Å². The van der Waals surface area contributed by atoms with Crippen LogP contribution in [0.3, 0.4) is 0 Å². The van der Waals surface area contributed by atoms with E-state index >= 15 is 0 Å². The topological polar surface area (TPSA) is 24.9 Å². The third-order valence-electron chi connectivity index (χ3n) is 5.24. The number of aryl methyl sites for hydroxylation is 2. The summed E-state index contributed by atoms with van der Waals surface area (Å²) >= 11 is 2.32. The molecule has 0 bridgehead atoms. The largest absolute Gasteiger partial charge is 0.379 e. The predicted octanol–water partition coefficient (Wildman–Crippen LogP) is 2.96. The van der Waals surface area contributed by atoms with E-state index < -0.39 is 0 Å². The zero-order valence-corrected chi connectivity index (χ0v) is 17.7. The van der Waals surface area contributed by atoms with Crippen molar-refractivity contribution in [1.29, 1.82) is 0 Å². The molecule has 0 aromatic heterocycles. The van der Waals surface area contributed by atoms with Gasteiger partial charge in [0.25, 0.3) is 0 Å². The molecule has 0 radical (unpaired) electrons. The Kier molecular flexibility index (Phi) is 8.58. The van der Waals surface area contributed by atoms with E-state index in [9.17, 15) is 4.39 Å². The third kappa shape index (κ3) is 6.41. The van der Waals surface area contributed by atoms with E-state index in [1.165, 1.54) is 0 Å². The Balaban J connectivity index is 1.48. The Morgan fingerprint density at radius 2 is 1.23 bits per heavy atom. The highest BCUT2D eigenvalue weighted by Crippen LogP contribution is 2.21. The summed E-state index contributed by atoms with van der Waals surface area (Å²) in [4.78, 5) is 4.83. The molecular formula is C20H30FIN2O2. The van der Waals surface area contributed by atoms with Gasteiger partial charge in [-0.15, -0.1) is 0 Å². The van der Waals surface area contributed by atoms with Crippen molar-refractivity contribution < 1.29 is 13.9 Å². The first-order valence-corrected chi connectivity index (χ1v) is 10.9. The standard InChI is InChI=1S/C20H30FIN2O2/c21-20-17(3-1-5-23-7-11-25-12-8-23)15-19(22)16-18(20)4-2-6-24-9-13-26-14-10-24/h15-16H,1-14H2. The Hall–Kier alpha value is -0.280. The van der Waals surface area contributed by atoms with Crippen molar-refractivity contribution in [1.82, 2.24) is 9.80 Å². The van der Waals surface area contributed by atoms with Gasteiger partial charge in [-0.05, 0) is 84.6 Å². The van der Waals surface area contributed by atoms with Gasteiger partial charge in [-0.2, -0.15) is 0 Å². The minimum Gasteiger partial charge on any atom is -0.379 e. The van der Waals surface area contributed by atoms with Gasteiger partial charge in [-0.25, -0.2) is 4.39 Å². The monoisotopic (exact) mass is 476 g/mol. The Morgan fingerprint density at radius 1 is 0.808 bits per heavy atom. The highest BCUT2D eigenvalue weighted by atomic mass is 127. The molecule has 2 fully saturated rings. The van der Waals surface area contributed by atoms with Crippen LogP contribution < -0.4 is 0 Å². The molecule has 1 aromatic carbocycles. The number of rotatable bonds is 8. The molecule has 4 nitrogen and oxygen atoms in total. The second kappa shape index (κ2) is 10.9. The van der Waals surface area contributed by atoms with Crippen molar-refractivity contribution in [2.75, 3.05) is 65.7 Å². The molecule has 2 aliphatic rings. The quantitative estimate of drug-likeness (QED) is 0.539. The van der Waals surface area contributed by atoms with Gasteiger partial charge in [-0.3, -0.25) is 9.80 Å². The maximum absolute atomic E-state index is 14.9. The maximum atomic E-state index is 14.9. The van der Waals surface area contributed by atoms with Crippen LogP contribution in [0, 0.1) is 9.39 Å². The third-order valence-corrected chi connectivity index (χ3v) is 5.86. The lowest BCUT2D eigenvalue weighted by atomic mass is 10.0. The van der Waals surface area contributed by atoms with Crippen LogP contribution in [0.5, 0.6) is 0 Å². The highest BCUT2D eigenvalue weighted by Gasteiger charge is 2.14. The summed E-state index contributed by atoms with van der Waals surface area (Å²) in [6.45, 7) is 9.36. The number of nitrogens with zero attached hydrogens (tertiary/aromatic N) is 2. The number of hydrogen-bond acceptors (Lipinski definition) is 4. The van der Waals surface area contributed by atoms with Gasteiger partial charge in [0.2, 0.25) is 0 Å². The molecule has 0 atom stereocenters. The van der Waals surface area contributed by atoms with E-state index in [2.05, 4.69) is 32.4 Å². The molecule has 3 rings (SSSR count). The normalized spacial score (nSPS) is 19.8. The van der Waals surface area contributed by atoms with Crippen LogP contribution in [0.25, 0.3) is 0 Å². The molecule has 146 valence electrons. The van der Waals surface area contributed by atoms with Crippen molar-refractivity contribution in [3.8, 4) is 0 Å². The molecule has 0 unspecified atom stereocenters.